The van der Waals surface area contributed by atoms with Crippen molar-refractivity contribution in [3.05, 3.63) is 89.9 Å². The van der Waals surface area contributed by atoms with Gasteiger partial charge < -0.3 is 34.3 Å². The highest BCUT2D eigenvalue weighted by Gasteiger charge is 2.46. The third-order valence-electron chi connectivity index (χ3n) is 10.1. The predicted octanol–water partition coefficient (Wildman–Crippen LogP) is 4.81. The lowest BCUT2D eigenvalue weighted by atomic mass is 9.78. The summed E-state index contributed by atoms with van der Waals surface area (Å²) in [5.41, 5.74) is -1.46. The Hall–Kier alpha value is -5.55. The van der Waals surface area contributed by atoms with Crippen LogP contribution in [0.4, 0.5) is 18.0 Å². The van der Waals surface area contributed by atoms with Gasteiger partial charge in [0.15, 0.2) is 0 Å². The highest BCUT2D eigenvalue weighted by Crippen LogP contribution is 2.43. The zero-order chi connectivity index (χ0) is 43.9. The van der Waals surface area contributed by atoms with Crippen molar-refractivity contribution >= 4 is 29.7 Å². The van der Waals surface area contributed by atoms with Gasteiger partial charge in [-0.05, 0) is 51.5 Å². The van der Waals surface area contributed by atoms with Gasteiger partial charge in [-0.3, -0.25) is 24.1 Å². The van der Waals surface area contributed by atoms with E-state index >= 15 is 8.78 Å². The summed E-state index contributed by atoms with van der Waals surface area (Å²) in [5.74, 6) is -4.45. The molecule has 324 valence electrons. The second-order valence-corrected chi connectivity index (χ2v) is 16.7. The number of ether oxygens (including phenoxy) is 2. The van der Waals surface area contributed by atoms with Gasteiger partial charge in [0.25, 0.3) is 17.7 Å². The molecule has 4 unspecified atom stereocenters. The van der Waals surface area contributed by atoms with Gasteiger partial charge in [0.05, 0.1) is 38.0 Å². The van der Waals surface area contributed by atoms with Gasteiger partial charge in [-0.1, -0.05) is 44.2 Å². The molecule has 1 aromatic heterocycles. The molecule has 2 aliphatic rings. The van der Waals surface area contributed by atoms with Crippen LogP contribution in [0.15, 0.2) is 66.9 Å². The number of imidazole rings is 1. The van der Waals surface area contributed by atoms with E-state index in [0.29, 0.717) is 0 Å². The second-order valence-electron chi connectivity index (χ2n) is 16.7. The Labute approximate surface area is 347 Å². The molecule has 14 nitrogen and oxygen atoms in total. The molecular formula is C43H53F3N6O8. The summed E-state index contributed by atoms with van der Waals surface area (Å²) >= 11 is 0. The van der Waals surface area contributed by atoms with Crippen LogP contribution >= 0.6 is 0 Å². The summed E-state index contributed by atoms with van der Waals surface area (Å²) in [6, 6.07) is 10.9. The van der Waals surface area contributed by atoms with Crippen molar-refractivity contribution in [3.63, 3.8) is 0 Å². The van der Waals surface area contributed by atoms with Crippen LogP contribution in [0.25, 0.3) is 11.3 Å². The molecule has 0 radical (unpaired) electrons. The Morgan fingerprint density at radius 2 is 1.68 bits per heavy atom. The van der Waals surface area contributed by atoms with Crippen LogP contribution in [0.5, 0.6) is 0 Å². The molecule has 3 heterocycles. The summed E-state index contributed by atoms with van der Waals surface area (Å²) in [6.07, 6.45) is -0.325. The van der Waals surface area contributed by atoms with E-state index in [1.807, 2.05) is 30.3 Å². The van der Waals surface area contributed by atoms with Crippen LogP contribution in [0, 0.1) is 23.0 Å². The number of halogens is 3. The van der Waals surface area contributed by atoms with E-state index in [0.717, 1.165) is 28.7 Å². The van der Waals surface area contributed by atoms with Gasteiger partial charge in [0, 0.05) is 67.8 Å². The van der Waals surface area contributed by atoms with E-state index in [9.17, 15) is 33.5 Å². The Kier molecular flexibility index (Phi) is 14.6. The number of carbonyl (C=O) groups is 5. The monoisotopic (exact) mass is 838 g/mol. The highest BCUT2D eigenvalue weighted by molar-refractivity contribution is 6.12. The van der Waals surface area contributed by atoms with E-state index in [-0.39, 0.29) is 76.0 Å². The normalized spacial score (nSPS) is 17.9. The zero-order valence-electron chi connectivity index (χ0n) is 34.7. The number of imide groups is 1. The first-order valence-electron chi connectivity index (χ1n) is 19.8. The lowest BCUT2D eigenvalue weighted by Crippen LogP contribution is -2.50. The van der Waals surface area contributed by atoms with Crippen LogP contribution < -0.4 is 5.32 Å². The average molecular weight is 839 g/mol. The molecule has 17 heteroatoms. The van der Waals surface area contributed by atoms with Crippen molar-refractivity contribution in [2.45, 2.75) is 78.4 Å². The Morgan fingerprint density at radius 1 is 1.00 bits per heavy atom. The van der Waals surface area contributed by atoms with Gasteiger partial charge in [0.2, 0.25) is 5.91 Å². The number of rotatable bonds is 17. The van der Waals surface area contributed by atoms with Crippen LogP contribution in [-0.2, 0) is 35.2 Å². The molecule has 0 aliphatic carbocycles. The number of hydrogen-bond donors (Lipinski definition) is 2. The average Bonchev–Trinajstić information content (AvgIpc) is 3.85. The molecule has 5 amide bonds. The van der Waals surface area contributed by atoms with E-state index in [4.69, 9.17) is 14.5 Å². The number of likely N-dealkylation sites (tertiary alicyclic amines) is 1. The van der Waals surface area contributed by atoms with Crippen molar-refractivity contribution in [1.82, 2.24) is 29.6 Å². The molecule has 0 saturated carbocycles. The van der Waals surface area contributed by atoms with E-state index in [1.54, 1.807) is 39.2 Å². The van der Waals surface area contributed by atoms with Gasteiger partial charge in [-0.2, -0.15) is 0 Å². The summed E-state index contributed by atoms with van der Waals surface area (Å²) in [4.78, 5) is 73.0. The molecule has 2 aromatic carbocycles. The van der Waals surface area contributed by atoms with Crippen molar-refractivity contribution < 1.29 is 51.7 Å². The fraction of sp³-hybridized carbons (Fsp3) is 0.488. The maximum absolute atomic E-state index is 16.0. The molecule has 2 N–H and O–H groups in total. The van der Waals surface area contributed by atoms with Crippen molar-refractivity contribution in [3.8, 4) is 11.3 Å². The fourth-order valence-corrected chi connectivity index (χ4v) is 7.33. The number of amides is 5. The van der Waals surface area contributed by atoms with Crippen LogP contribution in [-0.4, -0.2) is 123 Å². The van der Waals surface area contributed by atoms with Crippen LogP contribution in [0.1, 0.15) is 65.4 Å². The molecule has 2 aliphatic heterocycles. The molecule has 4 atom stereocenters. The number of nitrogens with one attached hydrogen (secondary N) is 1. The van der Waals surface area contributed by atoms with Gasteiger partial charge in [0.1, 0.15) is 35.3 Å². The molecule has 3 aromatic rings. The lowest BCUT2D eigenvalue weighted by molar-refractivity contribution is -0.147. The predicted molar refractivity (Wildman–Crippen MR) is 214 cm³/mol. The molecule has 1 fully saturated rings. The Balaban J connectivity index is 1.50. The minimum Gasteiger partial charge on any atom is -0.444 e. The molecule has 0 bridgehead atoms. The number of hydrogen-bond acceptors (Lipinski definition) is 9. The maximum Gasteiger partial charge on any atom is 0.410 e. The second kappa shape index (κ2) is 19.2. The number of aliphatic hydroxyl groups excluding tert-OH is 1. The zero-order valence-corrected chi connectivity index (χ0v) is 34.7. The summed E-state index contributed by atoms with van der Waals surface area (Å²) < 4.78 is 58.6. The lowest BCUT2D eigenvalue weighted by Gasteiger charge is -2.43. The first kappa shape index (κ1) is 45.5. The van der Waals surface area contributed by atoms with Gasteiger partial charge >= 0.3 is 6.09 Å². The summed E-state index contributed by atoms with van der Waals surface area (Å²) in [7, 11) is 0. The topological polar surface area (TPSA) is 164 Å². The Bertz CT molecular complexity index is 2050. The minimum absolute atomic E-state index is 0.0261. The highest BCUT2D eigenvalue weighted by atomic mass is 19.1. The number of aliphatic hydroxyl groups is 1. The molecule has 1 saturated heterocycles. The number of benzene rings is 2. The van der Waals surface area contributed by atoms with E-state index in [1.165, 1.54) is 35.1 Å². The number of nitrogens with zero attached hydrogens (tertiary/aromatic N) is 5. The maximum atomic E-state index is 16.0. The molecule has 0 spiro atoms. The number of carbonyl (C=O) groups excluding carboxylic acids is 5. The Morgan fingerprint density at radius 3 is 2.33 bits per heavy atom. The first-order chi connectivity index (χ1) is 28.2. The van der Waals surface area contributed by atoms with Crippen LogP contribution in [0.3, 0.4) is 0 Å². The standard InChI is InChI=1S/C43H53F3N6O8/c1-27(53)40(57)52(24-29-23-50(25-33(29)46)41(58)60-42(2,3)4)38(43(5,6)21-35(54)47-16-18-59-19-17-51-36(55)14-15-37(51)56)39-48-34(31-20-30(44)12-13-32(31)45)26-49(39)22-28-10-8-7-9-11-28/h7-15,20,26-27,29,33,38,53H,16-19,21-25H2,1-6H3,(H,47,54). The molecular weight excluding hydrogens is 786 g/mol. The van der Waals surface area contributed by atoms with Gasteiger partial charge in [-0.25, -0.2) is 22.9 Å². The van der Waals surface area contributed by atoms with Crippen molar-refractivity contribution in [2.24, 2.45) is 11.3 Å². The van der Waals surface area contributed by atoms with Gasteiger partial charge in [-0.15, -0.1) is 0 Å². The number of alkyl halides is 1. The smallest absolute Gasteiger partial charge is 0.410 e. The first-order valence-corrected chi connectivity index (χ1v) is 19.8. The molecule has 60 heavy (non-hydrogen) atoms. The SMILES string of the molecule is CC(O)C(=O)N(CC1CN(C(=O)OC(C)(C)C)CC1F)C(c1nc(-c2cc(F)ccc2F)cn1Cc1ccccc1)C(C)(C)CC(=O)NCCOCCN1C(=O)C=CC1=O. The largest absolute Gasteiger partial charge is 0.444 e. The fourth-order valence-electron chi connectivity index (χ4n) is 7.33. The number of aromatic nitrogens is 2. The van der Waals surface area contributed by atoms with Crippen molar-refractivity contribution in [1.29, 1.82) is 0 Å². The van der Waals surface area contributed by atoms with Crippen molar-refractivity contribution in [2.75, 3.05) is 45.9 Å². The summed E-state index contributed by atoms with van der Waals surface area (Å²) in [6.45, 7) is 9.28. The minimum atomic E-state index is -1.60. The quantitative estimate of drug-likeness (QED) is 0.144. The van der Waals surface area contributed by atoms with Crippen LogP contribution in [0.2, 0.25) is 0 Å². The third-order valence-corrected chi connectivity index (χ3v) is 10.1. The molecule has 5 rings (SSSR count). The third kappa shape index (κ3) is 11.6. The summed E-state index contributed by atoms with van der Waals surface area (Å²) in [5, 5.41) is 13.6. The van der Waals surface area contributed by atoms with E-state index < -0.39 is 76.6 Å². The van der Waals surface area contributed by atoms with E-state index in [2.05, 4.69) is 5.32 Å².